The molecule has 2 aliphatic rings. The molecule has 0 aromatic heterocycles. The van der Waals surface area contributed by atoms with Crippen LogP contribution in [0.2, 0.25) is 0 Å². The monoisotopic (exact) mass is 227 g/mol. The van der Waals surface area contributed by atoms with Gasteiger partial charge in [-0.05, 0) is 64.0 Å². The molecule has 1 saturated carbocycles. The summed E-state index contributed by atoms with van der Waals surface area (Å²) in [6.07, 6.45) is 8.64. The standard InChI is InChI=1S/C13H25NO2/c15-12-6-5-11(9-12)10-14-7-1-3-13-4-2-8-16-13/h11-15H,1-10H2. The molecule has 1 aliphatic carbocycles. The van der Waals surface area contributed by atoms with Gasteiger partial charge in [0.05, 0.1) is 12.2 Å². The quantitative estimate of drug-likeness (QED) is 0.679. The largest absolute Gasteiger partial charge is 0.393 e. The molecule has 1 aliphatic heterocycles. The second-order valence-electron chi connectivity index (χ2n) is 5.31. The van der Waals surface area contributed by atoms with Crippen LogP contribution in [0.4, 0.5) is 0 Å². The Morgan fingerprint density at radius 2 is 2.19 bits per heavy atom. The minimum atomic E-state index is -0.0290. The van der Waals surface area contributed by atoms with Gasteiger partial charge in [0.2, 0.25) is 0 Å². The zero-order valence-corrected chi connectivity index (χ0v) is 10.2. The van der Waals surface area contributed by atoms with Crippen molar-refractivity contribution in [1.29, 1.82) is 0 Å². The molecule has 1 saturated heterocycles. The summed E-state index contributed by atoms with van der Waals surface area (Å²) >= 11 is 0. The third-order valence-electron chi connectivity index (χ3n) is 3.85. The molecule has 2 rings (SSSR count). The third kappa shape index (κ3) is 4.04. The summed E-state index contributed by atoms with van der Waals surface area (Å²) in [5.74, 6) is 0.706. The molecule has 2 fully saturated rings. The molecule has 94 valence electrons. The van der Waals surface area contributed by atoms with Crippen molar-refractivity contribution in [3.05, 3.63) is 0 Å². The first-order valence-electron chi connectivity index (χ1n) is 6.85. The third-order valence-corrected chi connectivity index (χ3v) is 3.85. The van der Waals surface area contributed by atoms with Crippen LogP contribution in [0.15, 0.2) is 0 Å². The van der Waals surface area contributed by atoms with E-state index in [1.54, 1.807) is 0 Å². The Labute approximate surface area is 98.6 Å². The number of aliphatic hydroxyl groups excluding tert-OH is 1. The van der Waals surface area contributed by atoms with Crippen LogP contribution in [0.5, 0.6) is 0 Å². The highest BCUT2D eigenvalue weighted by Crippen LogP contribution is 2.24. The SMILES string of the molecule is OC1CCC(CNCCCC2CCCO2)C1. The molecule has 16 heavy (non-hydrogen) atoms. The molecule has 0 aromatic rings. The van der Waals surface area contributed by atoms with E-state index < -0.39 is 0 Å². The average Bonchev–Trinajstić information content (AvgIpc) is 2.89. The molecule has 1 heterocycles. The van der Waals surface area contributed by atoms with Crippen LogP contribution in [0.3, 0.4) is 0 Å². The Bertz CT molecular complexity index is 192. The Morgan fingerprint density at radius 3 is 2.88 bits per heavy atom. The lowest BCUT2D eigenvalue weighted by Crippen LogP contribution is -2.23. The second-order valence-corrected chi connectivity index (χ2v) is 5.31. The molecule has 3 unspecified atom stereocenters. The van der Waals surface area contributed by atoms with E-state index in [1.807, 2.05) is 0 Å². The van der Waals surface area contributed by atoms with Crippen LogP contribution in [-0.4, -0.2) is 37.0 Å². The topological polar surface area (TPSA) is 41.5 Å². The van der Waals surface area contributed by atoms with Crippen molar-refractivity contribution in [2.75, 3.05) is 19.7 Å². The molecule has 0 aromatic carbocycles. The first-order valence-corrected chi connectivity index (χ1v) is 6.85. The number of hydrogen-bond donors (Lipinski definition) is 2. The number of aliphatic hydroxyl groups is 1. The van der Waals surface area contributed by atoms with Crippen LogP contribution < -0.4 is 5.32 Å². The van der Waals surface area contributed by atoms with E-state index in [2.05, 4.69) is 5.32 Å². The number of hydrogen-bond acceptors (Lipinski definition) is 3. The highest BCUT2D eigenvalue weighted by atomic mass is 16.5. The molecule has 3 atom stereocenters. The van der Waals surface area contributed by atoms with Gasteiger partial charge in [0.15, 0.2) is 0 Å². The molecular formula is C13H25NO2. The fourth-order valence-corrected chi connectivity index (χ4v) is 2.87. The van der Waals surface area contributed by atoms with E-state index in [-0.39, 0.29) is 6.10 Å². The van der Waals surface area contributed by atoms with Gasteiger partial charge in [0.25, 0.3) is 0 Å². The van der Waals surface area contributed by atoms with Crippen LogP contribution >= 0.6 is 0 Å². The van der Waals surface area contributed by atoms with Crippen LogP contribution in [0, 0.1) is 5.92 Å². The first kappa shape index (κ1) is 12.3. The maximum Gasteiger partial charge on any atom is 0.0576 e. The van der Waals surface area contributed by atoms with Crippen molar-refractivity contribution in [2.24, 2.45) is 5.92 Å². The lowest BCUT2D eigenvalue weighted by Gasteiger charge is -2.12. The van der Waals surface area contributed by atoms with Crippen molar-refractivity contribution < 1.29 is 9.84 Å². The van der Waals surface area contributed by atoms with Gasteiger partial charge in [-0.2, -0.15) is 0 Å². The van der Waals surface area contributed by atoms with E-state index in [9.17, 15) is 5.11 Å². The van der Waals surface area contributed by atoms with Crippen molar-refractivity contribution in [1.82, 2.24) is 5.32 Å². The first-order chi connectivity index (χ1) is 7.84. The minimum Gasteiger partial charge on any atom is -0.393 e. The summed E-state index contributed by atoms with van der Waals surface area (Å²) in [6.45, 7) is 3.16. The van der Waals surface area contributed by atoms with Crippen molar-refractivity contribution in [3.63, 3.8) is 0 Å². The fraction of sp³-hybridized carbons (Fsp3) is 1.00. The average molecular weight is 227 g/mol. The van der Waals surface area contributed by atoms with E-state index in [0.29, 0.717) is 12.0 Å². The van der Waals surface area contributed by atoms with Crippen molar-refractivity contribution in [3.8, 4) is 0 Å². The minimum absolute atomic E-state index is 0.0290. The predicted octanol–water partition coefficient (Wildman–Crippen LogP) is 1.70. The highest BCUT2D eigenvalue weighted by molar-refractivity contribution is 4.76. The zero-order chi connectivity index (χ0) is 11.2. The van der Waals surface area contributed by atoms with E-state index in [1.165, 1.54) is 32.1 Å². The molecule has 2 N–H and O–H groups in total. The predicted molar refractivity (Wildman–Crippen MR) is 64.4 cm³/mol. The Hall–Kier alpha value is -0.120. The van der Waals surface area contributed by atoms with E-state index in [0.717, 1.165) is 32.5 Å². The molecule has 3 heteroatoms. The Morgan fingerprint density at radius 1 is 1.25 bits per heavy atom. The second kappa shape index (κ2) is 6.58. The maximum atomic E-state index is 9.40. The summed E-state index contributed by atoms with van der Waals surface area (Å²) in [7, 11) is 0. The number of ether oxygens (including phenoxy) is 1. The van der Waals surface area contributed by atoms with Crippen LogP contribution in [0.25, 0.3) is 0 Å². The van der Waals surface area contributed by atoms with Gasteiger partial charge in [-0.25, -0.2) is 0 Å². The molecule has 0 radical (unpaired) electrons. The van der Waals surface area contributed by atoms with Gasteiger partial charge in [0, 0.05) is 6.61 Å². The van der Waals surface area contributed by atoms with Gasteiger partial charge in [-0.3, -0.25) is 0 Å². The van der Waals surface area contributed by atoms with Gasteiger partial charge in [-0.1, -0.05) is 0 Å². The highest BCUT2D eigenvalue weighted by Gasteiger charge is 2.22. The van der Waals surface area contributed by atoms with E-state index in [4.69, 9.17) is 4.74 Å². The summed E-state index contributed by atoms with van der Waals surface area (Å²) in [5, 5.41) is 12.9. The summed E-state index contributed by atoms with van der Waals surface area (Å²) in [5.41, 5.74) is 0. The molecule has 0 bridgehead atoms. The number of nitrogens with one attached hydrogen (secondary N) is 1. The summed E-state index contributed by atoms with van der Waals surface area (Å²) in [6, 6.07) is 0. The zero-order valence-electron chi connectivity index (χ0n) is 10.2. The van der Waals surface area contributed by atoms with Gasteiger partial charge in [-0.15, -0.1) is 0 Å². The molecular weight excluding hydrogens is 202 g/mol. The summed E-state index contributed by atoms with van der Waals surface area (Å²) < 4.78 is 5.59. The van der Waals surface area contributed by atoms with Crippen LogP contribution in [0.1, 0.15) is 44.9 Å². The fourth-order valence-electron chi connectivity index (χ4n) is 2.87. The summed E-state index contributed by atoms with van der Waals surface area (Å²) in [4.78, 5) is 0. The van der Waals surface area contributed by atoms with Gasteiger partial charge >= 0.3 is 0 Å². The maximum absolute atomic E-state index is 9.40. The van der Waals surface area contributed by atoms with Crippen molar-refractivity contribution >= 4 is 0 Å². The Balaban J connectivity index is 1.43. The van der Waals surface area contributed by atoms with Crippen LogP contribution in [-0.2, 0) is 4.74 Å². The molecule has 0 amide bonds. The van der Waals surface area contributed by atoms with Gasteiger partial charge in [0.1, 0.15) is 0 Å². The van der Waals surface area contributed by atoms with Gasteiger partial charge < -0.3 is 15.2 Å². The normalized spacial score (nSPS) is 34.7. The lowest BCUT2D eigenvalue weighted by atomic mass is 10.1. The number of rotatable bonds is 6. The molecule has 3 nitrogen and oxygen atoms in total. The van der Waals surface area contributed by atoms with E-state index >= 15 is 0 Å². The smallest absolute Gasteiger partial charge is 0.0576 e. The lowest BCUT2D eigenvalue weighted by molar-refractivity contribution is 0.102. The van der Waals surface area contributed by atoms with Crippen molar-refractivity contribution in [2.45, 2.75) is 57.2 Å². The Kier molecular flexibility index (Phi) is 5.07. The molecule has 0 spiro atoms.